The summed E-state index contributed by atoms with van der Waals surface area (Å²) in [6, 6.07) is 15.9. The molecule has 0 radical (unpaired) electrons. The molecule has 3 aromatic rings. The Kier molecular flexibility index (Phi) is 6.35. The van der Waals surface area contributed by atoms with Crippen LogP contribution in [0.3, 0.4) is 0 Å². The van der Waals surface area contributed by atoms with E-state index in [1.54, 1.807) is 7.11 Å². The van der Waals surface area contributed by atoms with E-state index < -0.39 is 0 Å². The van der Waals surface area contributed by atoms with Crippen LogP contribution >= 0.6 is 0 Å². The molecule has 2 heterocycles. The van der Waals surface area contributed by atoms with Crippen LogP contribution < -0.4 is 0 Å². The Morgan fingerprint density at radius 2 is 1.74 bits per heavy atom. The molecule has 5 nitrogen and oxygen atoms in total. The standard InChI is InChI=1S/C26H34N4O/c1-31-18-17-30-20-22(19-28-13-15-29(16-14-28)23-9-3-4-10-23)27-26(30)25-12-6-8-21-7-2-5-11-24(21)25/h2,5-8,11-12,20,23H,3-4,9-10,13-19H2,1H3. The number of rotatable bonds is 7. The van der Waals surface area contributed by atoms with Crippen molar-refractivity contribution in [2.75, 3.05) is 39.9 Å². The minimum absolute atomic E-state index is 0.688. The Bertz CT molecular complexity index is 994. The highest BCUT2D eigenvalue weighted by molar-refractivity contribution is 5.95. The van der Waals surface area contributed by atoms with Crippen LogP contribution in [0.5, 0.6) is 0 Å². The lowest BCUT2D eigenvalue weighted by Gasteiger charge is -2.37. The molecule has 164 valence electrons. The van der Waals surface area contributed by atoms with Crippen LogP contribution in [-0.4, -0.2) is 65.3 Å². The quantitative estimate of drug-likeness (QED) is 0.569. The van der Waals surface area contributed by atoms with Crippen molar-refractivity contribution in [1.29, 1.82) is 0 Å². The molecule has 1 aliphatic heterocycles. The van der Waals surface area contributed by atoms with E-state index in [1.165, 1.54) is 55.1 Å². The molecule has 1 aromatic heterocycles. The van der Waals surface area contributed by atoms with Crippen molar-refractivity contribution in [3.63, 3.8) is 0 Å². The normalized spacial score (nSPS) is 18.9. The van der Waals surface area contributed by atoms with Crippen molar-refractivity contribution < 1.29 is 4.74 Å². The van der Waals surface area contributed by atoms with Gasteiger partial charge >= 0.3 is 0 Å². The minimum atomic E-state index is 0.688. The molecule has 31 heavy (non-hydrogen) atoms. The summed E-state index contributed by atoms with van der Waals surface area (Å²) in [5.74, 6) is 1.05. The van der Waals surface area contributed by atoms with Gasteiger partial charge < -0.3 is 9.30 Å². The van der Waals surface area contributed by atoms with Crippen LogP contribution in [0.15, 0.2) is 48.7 Å². The van der Waals surface area contributed by atoms with Gasteiger partial charge in [0.2, 0.25) is 0 Å². The third-order valence-corrected chi connectivity index (χ3v) is 7.03. The molecule has 2 aliphatic rings. The van der Waals surface area contributed by atoms with E-state index in [2.05, 4.69) is 63.0 Å². The van der Waals surface area contributed by atoms with Crippen LogP contribution in [0.2, 0.25) is 0 Å². The van der Waals surface area contributed by atoms with Crippen molar-refractivity contribution in [2.24, 2.45) is 0 Å². The Morgan fingerprint density at radius 3 is 2.55 bits per heavy atom. The lowest BCUT2D eigenvalue weighted by Crippen LogP contribution is -2.49. The third-order valence-electron chi connectivity index (χ3n) is 7.03. The molecule has 2 aromatic carbocycles. The smallest absolute Gasteiger partial charge is 0.140 e. The number of aromatic nitrogens is 2. The number of ether oxygens (including phenoxy) is 1. The van der Waals surface area contributed by atoms with Gasteiger partial charge in [-0.1, -0.05) is 55.3 Å². The van der Waals surface area contributed by atoms with Crippen LogP contribution in [0.4, 0.5) is 0 Å². The van der Waals surface area contributed by atoms with Gasteiger partial charge in [0.25, 0.3) is 0 Å². The summed E-state index contributed by atoms with van der Waals surface area (Å²) >= 11 is 0. The summed E-state index contributed by atoms with van der Waals surface area (Å²) in [5.41, 5.74) is 2.36. The monoisotopic (exact) mass is 418 g/mol. The van der Waals surface area contributed by atoms with Gasteiger partial charge in [0.1, 0.15) is 5.82 Å². The molecule has 0 N–H and O–H groups in total. The summed E-state index contributed by atoms with van der Waals surface area (Å²) in [7, 11) is 1.76. The Balaban J connectivity index is 1.35. The molecule has 2 fully saturated rings. The van der Waals surface area contributed by atoms with Crippen molar-refractivity contribution in [3.8, 4) is 11.4 Å². The first-order valence-corrected chi connectivity index (χ1v) is 11.8. The zero-order chi connectivity index (χ0) is 21.0. The van der Waals surface area contributed by atoms with Gasteiger partial charge in [-0.2, -0.15) is 0 Å². The highest BCUT2D eigenvalue weighted by atomic mass is 16.5. The number of fused-ring (bicyclic) bond motifs is 1. The number of benzene rings is 2. The van der Waals surface area contributed by atoms with Crippen molar-refractivity contribution in [3.05, 3.63) is 54.4 Å². The summed E-state index contributed by atoms with van der Waals surface area (Å²) in [4.78, 5) is 10.4. The van der Waals surface area contributed by atoms with E-state index in [4.69, 9.17) is 9.72 Å². The number of hydrogen-bond acceptors (Lipinski definition) is 4. The summed E-state index contributed by atoms with van der Waals surface area (Å²) in [5, 5.41) is 2.51. The molecular formula is C26H34N4O. The number of imidazole rings is 1. The van der Waals surface area contributed by atoms with Gasteiger partial charge in [0.15, 0.2) is 0 Å². The first kappa shape index (κ1) is 20.7. The molecule has 0 unspecified atom stereocenters. The fourth-order valence-corrected chi connectivity index (χ4v) is 5.33. The lowest BCUT2D eigenvalue weighted by atomic mass is 10.0. The molecule has 5 heteroatoms. The number of methoxy groups -OCH3 is 1. The number of piperazine rings is 1. The first-order valence-electron chi connectivity index (χ1n) is 11.8. The lowest BCUT2D eigenvalue weighted by molar-refractivity contribution is 0.0930. The SMILES string of the molecule is COCCn1cc(CN2CCN(C3CCCC3)CC2)nc1-c1cccc2ccccc12. The van der Waals surface area contributed by atoms with Gasteiger partial charge in [0.05, 0.1) is 12.3 Å². The Hall–Kier alpha value is -2.21. The van der Waals surface area contributed by atoms with E-state index in [9.17, 15) is 0 Å². The zero-order valence-corrected chi connectivity index (χ0v) is 18.7. The van der Waals surface area contributed by atoms with E-state index in [0.717, 1.165) is 43.7 Å². The van der Waals surface area contributed by atoms with E-state index in [0.29, 0.717) is 6.61 Å². The fourth-order valence-electron chi connectivity index (χ4n) is 5.33. The minimum Gasteiger partial charge on any atom is -0.383 e. The van der Waals surface area contributed by atoms with Crippen molar-refractivity contribution >= 4 is 10.8 Å². The average Bonchev–Trinajstić information content (AvgIpc) is 3.48. The molecule has 0 amide bonds. The fraction of sp³-hybridized carbons (Fsp3) is 0.500. The van der Waals surface area contributed by atoms with Crippen LogP contribution in [0, 0.1) is 0 Å². The van der Waals surface area contributed by atoms with E-state index >= 15 is 0 Å². The molecule has 1 saturated carbocycles. The molecule has 1 aliphatic carbocycles. The Morgan fingerprint density at radius 1 is 0.968 bits per heavy atom. The second-order valence-electron chi connectivity index (χ2n) is 9.02. The highest BCUT2D eigenvalue weighted by Crippen LogP contribution is 2.29. The van der Waals surface area contributed by atoms with Crippen molar-refractivity contribution in [1.82, 2.24) is 19.4 Å². The van der Waals surface area contributed by atoms with Crippen LogP contribution in [0.25, 0.3) is 22.2 Å². The van der Waals surface area contributed by atoms with E-state index in [1.807, 2.05) is 0 Å². The molecular weight excluding hydrogens is 384 g/mol. The topological polar surface area (TPSA) is 33.5 Å². The van der Waals surface area contributed by atoms with Gasteiger partial charge in [0, 0.05) is 64.2 Å². The molecule has 0 atom stereocenters. The summed E-state index contributed by atoms with van der Waals surface area (Å²) in [6.07, 6.45) is 7.87. The molecule has 0 spiro atoms. The predicted molar refractivity (Wildman–Crippen MR) is 126 cm³/mol. The second-order valence-corrected chi connectivity index (χ2v) is 9.02. The largest absolute Gasteiger partial charge is 0.383 e. The average molecular weight is 419 g/mol. The second kappa shape index (κ2) is 9.51. The van der Waals surface area contributed by atoms with Crippen LogP contribution in [0.1, 0.15) is 31.4 Å². The zero-order valence-electron chi connectivity index (χ0n) is 18.7. The van der Waals surface area contributed by atoms with Gasteiger partial charge in [-0.05, 0) is 23.6 Å². The maximum atomic E-state index is 5.38. The maximum absolute atomic E-state index is 5.38. The number of hydrogen-bond donors (Lipinski definition) is 0. The Labute approximate surface area is 185 Å². The molecule has 0 bridgehead atoms. The third kappa shape index (κ3) is 4.54. The van der Waals surface area contributed by atoms with E-state index in [-0.39, 0.29) is 0 Å². The predicted octanol–water partition coefficient (Wildman–Crippen LogP) is 4.41. The molecule has 1 saturated heterocycles. The van der Waals surface area contributed by atoms with Gasteiger partial charge in [-0.15, -0.1) is 0 Å². The van der Waals surface area contributed by atoms with Gasteiger partial charge in [-0.3, -0.25) is 9.80 Å². The maximum Gasteiger partial charge on any atom is 0.140 e. The van der Waals surface area contributed by atoms with Crippen LogP contribution in [-0.2, 0) is 17.8 Å². The van der Waals surface area contributed by atoms with Gasteiger partial charge in [-0.25, -0.2) is 4.98 Å². The summed E-state index contributed by atoms with van der Waals surface area (Å²) in [6.45, 7) is 7.12. The molecule has 5 rings (SSSR count). The highest BCUT2D eigenvalue weighted by Gasteiger charge is 2.26. The summed E-state index contributed by atoms with van der Waals surface area (Å²) < 4.78 is 7.65. The number of nitrogens with zero attached hydrogens (tertiary/aromatic N) is 4. The first-order chi connectivity index (χ1) is 15.3. The van der Waals surface area contributed by atoms with Crippen molar-refractivity contribution in [2.45, 2.75) is 44.8 Å².